The summed E-state index contributed by atoms with van der Waals surface area (Å²) in [6.07, 6.45) is 3.42. The quantitative estimate of drug-likeness (QED) is 0.547. The molecule has 0 saturated carbocycles. The first-order valence-corrected chi connectivity index (χ1v) is 5.71. The van der Waals surface area contributed by atoms with Crippen LogP contribution in [0.1, 0.15) is 11.1 Å². The molecule has 0 aliphatic rings. The van der Waals surface area contributed by atoms with E-state index in [1.54, 1.807) is 6.08 Å². The number of rotatable bonds is 2. The average Bonchev–Trinajstić information content (AvgIpc) is 2.45. The van der Waals surface area contributed by atoms with E-state index in [4.69, 9.17) is 0 Å². The van der Waals surface area contributed by atoms with E-state index in [0.29, 0.717) is 0 Å². The van der Waals surface area contributed by atoms with Gasteiger partial charge in [0.25, 0.3) is 0 Å². The molecular formula is C17H13N. The van der Waals surface area contributed by atoms with Crippen LogP contribution in [0.5, 0.6) is 0 Å². The molecule has 0 aliphatic heterocycles. The maximum absolute atomic E-state index is 4.47. The van der Waals surface area contributed by atoms with Crippen molar-refractivity contribution >= 4 is 11.9 Å². The van der Waals surface area contributed by atoms with Crippen LogP contribution < -0.4 is 0 Å². The summed E-state index contributed by atoms with van der Waals surface area (Å²) in [7, 11) is 0. The molecule has 1 nitrogen and oxygen atoms in total. The second-order valence-corrected chi connectivity index (χ2v) is 3.66. The Kier molecular flexibility index (Phi) is 4.11. The Morgan fingerprint density at radius 2 is 1.67 bits per heavy atom. The standard InChI is InChI=1S/C17H13N/c1-2-3-11-16-12-7-8-13-17(16)18-14-15-9-5-4-6-10-15/h2,4-10,12-14H,1H2. The van der Waals surface area contributed by atoms with Gasteiger partial charge in [0.05, 0.1) is 11.3 Å². The summed E-state index contributed by atoms with van der Waals surface area (Å²) in [5.41, 5.74) is 2.85. The van der Waals surface area contributed by atoms with Gasteiger partial charge in [-0.15, -0.1) is 0 Å². The third kappa shape index (κ3) is 3.20. The molecule has 0 saturated heterocycles. The number of para-hydroxylation sites is 1. The average molecular weight is 231 g/mol. The van der Waals surface area contributed by atoms with E-state index in [1.807, 2.05) is 60.8 Å². The van der Waals surface area contributed by atoms with Gasteiger partial charge in [0, 0.05) is 6.21 Å². The number of hydrogen-bond donors (Lipinski definition) is 0. The van der Waals surface area contributed by atoms with Crippen LogP contribution in [0.2, 0.25) is 0 Å². The molecule has 0 amide bonds. The molecule has 1 heteroatoms. The minimum absolute atomic E-state index is 0.871. The summed E-state index contributed by atoms with van der Waals surface area (Å²) in [5.74, 6) is 5.86. The first-order valence-electron chi connectivity index (χ1n) is 5.71. The summed E-state index contributed by atoms with van der Waals surface area (Å²) in [6.45, 7) is 3.59. The molecule has 0 N–H and O–H groups in total. The van der Waals surface area contributed by atoms with Gasteiger partial charge in [-0.1, -0.05) is 60.9 Å². The molecule has 0 aromatic heterocycles. The highest BCUT2D eigenvalue weighted by Gasteiger charge is 1.95. The maximum atomic E-state index is 4.47. The minimum atomic E-state index is 0.871. The molecule has 0 fully saturated rings. The third-order valence-corrected chi connectivity index (χ3v) is 2.37. The lowest BCUT2D eigenvalue weighted by molar-refractivity contribution is 1.50. The fourth-order valence-electron chi connectivity index (χ4n) is 1.50. The van der Waals surface area contributed by atoms with E-state index in [2.05, 4.69) is 23.4 Å². The molecule has 2 aromatic carbocycles. The van der Waals surface area contributed by atoms with Crippen LogP contribution in [0.4, 0.5) is 5.69 Å². The minimum Gasteiger partial charge on any atom is -0.255 e. The molecule has 0 radical (unpaired) electrons. The van der Waals surface area contributed by atoms with E-state index in [0.717, 1.165) is 16.8 Å². The molecular weight excluding hydrogens is 218 g/mol. The molecule has 86 valence electrons. The van der Waals surface area contributed by atoms with Crippen molar-refractivity contribution in [1.29, 1.82) is 0 Å². The molecule has 0 heterocycles. The van der Waals surface area contributed by atoms with E-state index in [1.165, 1.54) is 0 Å². The Hall–Kier alpha value is -2.59. The first kappa shape index (κ1) is 11.9. The van der Waals surface area contributed by atoms with Crippen molar-refractivity contribution in [2.75, 3.05) is 0 Å². The highest BCUT2D eigenvalue weighted by atomic mass is 14.7. The molecule has 18 heavy (non-hydrogen) atoms. The van der Waals surface area contributed by atoms with Crippen LogP contribution in [0.25, 0.3) is 0 Å². The Bertz CT molecular complexity index is 613. The molecule has 0 aliphatic carbocycles. The van der Waals surface area contributed by atoms with Gasteiger partial charge < -0.3 is 0 Å². The summed E-state index contributed by atoms with van der Waals surface area (Å²) in [6, 6.07) is 17.8. The van der Waals surface area contributed by atoms with Crippen molar-refractivity contribution in [3.05, 3.63) is 78.4 Å². The lowest BCUT2D eigenvalue weighted by atomic mass is 10.2. The fourth-order valence-corrected chi connectivity index (χ4v) is 1.50. The molecule has 0 atom stereocenters. The lowest BCUT2D eigenvalue weighted by Gasteiger charge is -1.97. The van der Waals surface area contributed by atoms with Gasteiger partial charge in [0.15, 0.2) is 0 Å². The highest BCUT2D eigenvalue weighted by Crippen LogP contribution is 2.17. The van der Waals surface area contributed by atoms with Crippen LogP contribution in [0, 0.1) is 11.8 Å². The summed E-state index contributed by atoms with van der Waals surface area (Å²) < 4.78 is 0. The molecule has 0 spiro atoms. The van der Waals surface area contributed by atoms with E-state index in [9.17, 15) is 0 Å². The van der Waals surface area contributed by atoms with Crippen LogP contribution in [-0.2, 0) is 0 Å². The van der Waals surface area contributed by atoms with E-state index < -0.39 is 0 Å². The smallest absolute Gasteiger partial charge is 0.0786 e. The molecule has 2 aromatic rings. The topological polar surface area (TPSA) is 12.4 Å². The molecule has 2 rings (SSSR count). The predicted molar refractivity (Wildman–Crippen MR) is 77.2 cm³/mol. The zero-order valence-corrected chi connectivity index (χ0v) is 10.0. The van der Waals surface area contributed by atoms with Crippen molar-refractivity contribution in [1.82, 2.24) is 0 Å². The number of nitrogens with zero attached hydrogens (tertiary/aromatic N) is 1. The Balaban J connectivity index is 2.29. The van der Waals surface area contributed by atoms with Gasteiger partial charge in [-0.3, -0.25) is 4.99 Å². The Morgan fingerprint density at radius 1 is 0.944 bits per heavy atom. The van der Waals surface area contributed by atoms with Crippen molar-refractivity contribution < 1.29 is 0 Å². The number of aliphatic imine (C=N–C) groups is 1. The van der Waals surface area contributed by atoms with Crippen LogP contribution in [-0.4, -0.2) is 6.21 Å². The molecule has 0 bridgehead atoms. The number of benzene rings is 2. The second-order valence-electron chi connectivity index (χ2n) is 3.66. The summed E-state index contributed by atoms with van der Waals surface area (Å²) in [4.78, 5) is 4.47. The van der Waals surface area contributed by atoms with Crippen molar-refractivity contribution in [3.63, 3.8) is 0 Å². The SMILES string of the molecule is C=CC#Cc1ccccc1N=Cc1ccccc1. The largest absolute Gasteiger partial charge is 0.255 e. The zero-order chi connectivity index (χ0) is 12.6. The molecule has 0 unspecified atom stereocenters. The highest BCUT2D eigenvalue weighted by molar-refractivity contribution is 5.82. The van der Waals surface area contributed by atoms with Gasteiger partial charge in [0.1, 0.15) is 0 Å². The van der Waals surface area contributed by atoms with E-state index in [-0.39, 0.29) is 0 Å². The summed E-state index contributed by atoms with van der Waals surface area (Å²) >= 11 is 0. The summed E-state index contributed by atoms with van der Waals surface area (Å²) in [5, 5.41) is 0. The predicted octanol–water partition coefficient (Wildman–Crippen LogP) is 3.97. The van der Waals surface area contributed by atoms with E-state index >= 15 is 0 Å². The zero-order valence-electron chi connectivity index (χ0n) is 10.0. The van der Waals surface area contributed by atoms with Gasteiger partial charge >= 0.3 is 0 Å². The third-order valence-electron chi connectivity index (χ3n) is 2.37. The van der Waals surface area contributed by atoms with Crippen molar-refractivity contribution in [2.45, 2.75) is 0 Å². The second kappa shape index (κ2) is 6.22. The van der Waals surface area contributed by atoms with Crippen molar-refractivity contribution in [2.24, 2.45) is 4.99 Å². The fraction of sp³-hybridized carbons (Fsp3) is 0. The van der Waals surface area contributed by atoms with Gasteiger partial charge in [0.2, 0.25) is 0 Å². The van der Waals surface area contributed by atoms with Gasteiger partial charge in [-0.05, 0) is 23.8 Å². The first-order chi connectivity index (χ1) is 8.90. The van der Waals surface area contributed by atoms with Crippen LogP contribution >= 0.6 is 0 Å². The van der Waals surface area contributed by atoms with Crippen LogP contribution in [0.15, 0.2) is 72.2 Å². The van der Waals surface area contributed by atoms with Gasteiger partial charge in [-0.2, -0.15) is 0 Å². The van der Waals surface area contributed by atoms with Crippen LogP contribution in [0.3, 0.4) is 0 Å². The Labute approximate surface area is 108 Å². The van der Waals surface area contributed by atoms with Crippen molar-refractivity contribution in [3.8, 4) is 11.8 Å². The Morgan fingerprint density at radius 3 is 2.44 bits per heavy atom. The number of allylic oxidation sites excluding steroid dienone is 1. The van der Waals surface area contributed by atoms with Gasteiger partial charge in [-0.25, -0.2) is 0 Å². The monoisotopic (exact) mass is 231 g/mol. The number of hydrogen-bond acceptors (Lipinski definition) is 1. The lowest BCUT2D eigenvalue weighted by Crippen LogP contribution is -1.80. The normalized spacial score (nSPS) is 9.78. The maximum Gasteiger partial charge on any atom is 0.0786 e.